The number of rotatable bonds is 4. The molecule has 0 spiro atoms. The Hall–Kier alpha value is -0.940. The molecule has 1 unspecified atom stereocenters. The average molecular weight is 227 g/mol. The number of nitrogens with zero attached hydrogens (tertiary/aromatic N) is 1. The van der Waals surface area contributed by atoms with E-state index in [9.17, 15) is 4.79 Å². The molecule has 1 heterocycles. The minimum absolute atomic E-state index is 0.158. The molecule has 0 aliphatic rings. The number of carbonyl (C=O) groups excluding carboxylic acids is 1. The van der Waals surface area contributed by atoms with Gasteiger partial charge in [0.05, 0.1) is 11.7 Å². The van der Waals surface area contributed by atoms with Crippen molar-refractivity contribution in [3.63, 3.8) is 0 Å². The van der Waals surface area contributed by atoms with Crippen LogP contribution < -0.4 is 11.1 Å². The van der Waals surface area contributed by atoms with Crippen LogP contribution in [0.1, 0.15) is 30.8 Å². The molecule has 0 saturated heterocycles. The van der Waals surface area contributed by atoms with Gasteiger partial charge in [-0.3, -0.25) is 4.79 Å². The van der Waals surface area contributed by atoms with Gasteiger partial charge in [0.1, 0.15) is 0 Å². The van der Waals surface area contributed by atoms with Crippen LogP contribution in [-0.2, 0) is 11.2 Å². The first-order chi connectivity index (χ1) is 7.08. The van der Waals surface area contributed by atoms with Gasteiger partial charge < -0.3 is 11.1 Å². The summed E-state index contributed by atoms with van der Waals surface area (Å²) in [6.07, 6.45) is 1.52. The number of carbonyl (C=O) groups is 1. The van der Waals surface area contributed by atoms with Crippen LogP contribution in [0.3, 0.4) is 0 Å². The number of nitrogens with two attached hydrogens (primary N) is 1. The van der Waals surface area contributed by atoms with Crippen molar-refractivity contribution in [3.05, 3.63) is 10.6 Å². The molecule has 1 atom stereocenters. The van der Waals surface area contributed by atoms with Gasteiger partial charge in [-0.1, -0.05) is 13.8 Å². The van der Waals surface area contributed by atoms with Gasteiger partial charge >= 0.3 is 0 Å². The molecule has 3 N–H and O–H groups in total. The van der Waals surface area contributed by atoms with Crippen molar-refractivity contribution < 1.29 is 4.79 Å². The fourth-order valence-electron chi connectivity index (χ4n) is 1.19. The van der Waals surface area contributed by atoms with Crippen LogP contribution in [0.2, 0.25) is 0 Å². The maximum absolute atomic E-state index is 11.5. The smallest absolute Gasteiger partial charge is 0.243 e. The molecule has 0 radical (unpaired) electrons. The highest BCUT2D eigenvalue weighted by Crippen LogP contribution is 2.22. The monoisotopic (exact) mass is 227 g/mol. The van der Waals surface area contributed by atoms with Crippen molar-refractivity contribution in [3.8, 4) is 0 Å². The Morgan fingerprint density at radius 2 is 2.27 bits per heavy atom. The SMILES string of the molecule is CCc1nc(NC(=O)C(N)CC)sc1C. The van der Waals surface area contributed by atoms with E-state index >= 15 is 0 Å². The Bertz CT molecular complexity index is 348. The van der Waals surface area contributed by atoms with E-state index in [4.69, 9.17) is 5.73 Å². The van der Waals surface area contributed by atoms with E-state index in [0.29, 0.717) is 11.6 Å². The zero-order chi connectivity index (χ0) is 11.4. The maximum atomic E-state index is 11.5. The van der Waals surface area contributed by atoms with Gasteiger partial charge in [0.2, 0.25) is 5.91 Å². The largest absolute Gasteiger partial charge is 0.320 e. The highest BCUT2D eigenvalue weighted by molar-refractivity contribution is 7.15. The second kappa shape index (κ2) is 5.23. The average Bonchev–Trinajstić information content (AvgIpc) is 2.57. The molecule has 4 nitrogen and oxygen atoms in total. The number of amides is 1. The summed E-state index contributed by atoms with van der Waals surface area (Å²) in [7, 11) is 0. The standard InChI is InChI=1S/C10H17N3OS/c1-4-7(11)9(14)13-10-12-8(5-2)6(3)15-10/h7H,4-5,11H2,1-3H3,(H,12,13,14). The van der Waals surface area contributed by atoms with E-state index in [1.807, 2.05) is 20.8 Å². The molecule has 0 fully saturated rings. The zero-order valence-electron chi connectivity index (χ0n) is 9.33. The third-order valence-electron chi connectivity index (χ3n) is 2.23. The molecule has 84 valence electrons. The topological polar surface area (TPSA) is 68.0 Å². The molecular weight excluding hydrogens is 210 g/mol. The molecular formula is C10H17N3OS. The zero-order valence-corrected chi connectivity index (χ0v) is 10.1. The molecule has 0 saturated carbocycles. The second-order valence-electron chi connectivity index (χ2n) is 3.38. The summed E-state index contributed by atoms with van der Waals surface area (Å²) in [5.74, 6) is -0.158. The van der Waals surface area contributed by atoms with Gasteiger partial charge in [0, 0.05) is 4.88 Å². The van der Waals surface area contributed by atoms with Gasteiger partial charge in [0.25, 0.3) is 0 Å². The van der Waals surface area contributed by atoms with Crippen molar-refractivity contribution in [2.24, 2.45) is 5.73 Å². The van der Waals surface area contributed by atoms with Gasteiger partial charge in [-0.25, -0.2) is 4.98 Å². The number of hydrogen-bond donors (Lipinski definition) is 2. The Morgan fingerprint density at radius 3 is 2.73 bits per heavy atom. The first-order valence-corrected chi connectivity index (χ1v) is 5.92. The van der Waals surface area contributed by atoms with Crippen molar-refractivity contribution in [2.45, 2.75) is 39.7 Å². The van der Waals surface area contributed by atoms with Gasteiger partial charge in [-0.15, -0.1) is 11.3 Å². The van der Waals surface area contributed by atoms with Crippen LogP contribution in [-0.4, -0.2) is 16.9 Å². The molecule has 1 amide bonds. The fraction of sp³-hybridized carbons (Fsp3) is 0.600. The van der Waals surface area contributed by atoms with Crippen molar-refractivity contribution in [1.82, 2.24) is 4.98 Å². The summed E-state index contributed by atoms with van der Waals surface area (Å²) in [5, 5.41) is 3.38. The van der Waals surface area contributed by atoms with Gasteiger partial charge in [-0.05, 0) is 19.8 Å². The Kier molecular flexibility index (Phi) is 4.23. The summed E-state index contributed by atoms with van der Waals surface area (Å²) in [4.78, 5) is 16.9. The molecule has 0 bridgehead atoms. The van der Waals surface area contributed by atoms with Crippen LogP contribution in [0.25, 0.3) is 0 Å². The fourth-order valence-corrected chi connectivity index (χ4v) is 2.10. The first-order valence-electron chi connectivity index (χ1n) is 5.11. The lowest BCUT2D eigenvalue weighted by atomic mass is 10.2. The molecule has 1 rings (SSSR count). The van der Waals surface area contributed by atoms with Crippen LogP contribution in [0.4, 0.5) is 5.13 Å². The van der Waals surface area contributed by atoms with E-state index < -0.39 is 6.04 Å². The number of hydrogen-bond acceptors (Lipinski definition) is 4. The molecule has 0 aromatic carbocycles. The first kappa shape index (κ1) is 12.1. The Labute approximate surface area is 93.9 Å². The predicted molar refractivity (Wildman–Crippen MR) is 63.1 cm³/mol. The second-order valence-corrected chi connectivity index (χ2v) is 4.58. The molecule has 1 aromatic rings. The minimum Gasteiger partial charge on any atom is -0.320 e. The summed E-state index contributed by atoms with van der Waals surface area (Å²) >= 11 is 1.50. The summed E-state index contributed by atoms with van der Waals surface area (Å²) in [5.41, 5.74) is 6.65. The lowest BCUT2D eigenvalue weighted by Crippen LogP contribution is -2.34. The van der Waals surface area contributed by atoms with E-state index in [2.05, 4.69) is 10.3 Å². The normalized spacial score (nSPS) is 12.5. The van der Waals surface area contributed by atoms with Crippen molar-refractivity contribution in [2.75, 3.05) is 5.32 Å². The summed E-state index contributed by atoms with van der Waals surface area (Å²) < 4.78 is 0. The van der Waals surface area contributed by atoms with E-state index in [1.165, 1.54) is 11.3 Å². The predicted octanol–water partition coefficient (Wildman–Crippen LogP) is 1.69. The van der Waals surface area contributed by atoms with Gasteiger partial charge in [-0.2, -0.15) is 0 Å². The van der Waals surface area contributed by atoms with E-state index in [0.717, 1.165) is 17.0 Å². The number of aryl methyl sites for hydroxylation is 2. The Balaban J connectivity index is 2.68. The lowest BCUT2D eigenvalue weighted by Gasteiger charge is -2.06. The highest BCUT2D eigenvalue weighted by Gasteiger charge is 2.13. The summed E-state index contributed by atoms with van der Waals surface area (Å²) in [6.45, 7) is 5.94. The summed E-state index contributed by atoms with van der Waals surface area (Å²) in [6, 6.07) is -0.445. The number of thiazole rings is 1. The molecule has 5 heteroatoms. The number of aromatic nitrogens is 1. The van der Waals surface area contributed by atoms with Crippen molar-refractivity contribution >= 4 is 22.4 Å². The van der Waals surface area contributed by atoms with E-state index in [-0.39, 0.29) is 5.91 Å². The molecule has 0 aliphatic heterocycles. The highest BCUT2D eigenvalue weighted by atomic mass is 32.1. The molecule has 15 heavy (non-hydrogen) atoms. The quantitative estimate of drug-likeness (QED) is 0.822. The minimum atomic E-state index is -0.445. The Morgan fingerprint density at radius 1 is 1.60 bits per heavy atom. The van der Waals surface area contributed by atoms with Crippen molar-refractivity contribution in [1.29, 1.82) is 0 Å². The van der Waals surface area contributed by atoms with Crippen LogP contribution in [0, 0.1) is 6.92 Å². The molecule has 0 aliphatic carbocycles. The third-order valence-corrected chi connectivity index (χ3v) is 3.16. The molecule has 1 aromatic heterocycles. The van der Waals surface area contributed by atoms with E-state index in [1.54, 1.807) is 0 Å². The van der Waals surface area contributed by atoms with Crippen LogP contribution >= 0.6 is 11.3 Å². The number of anilines is 1. The van der Waals surface area contributed by atoms with Crippen LogP contribution in [0.5, 0.6) is 0 Å². The van der Waals surface area contributed by atoms with Gasteiger partial charge in [0.15, 0.2) is 5.13 Å². The number of nitrogens with one attached hydrogen (secondary N) is 1. The lowest BCUT2D eigenvalue weighted by molar-refractivity contribution is -0.117. The third kappa shape index (κ3) is 3.00. The van der Waals surface area contributed by atoms with Crippen LogP contribution in [0.15, 0.2) is 0 Å². The maximum Gasteiger partial charge on any atom is 0.243 e.